The first-order valence-electron chi connectivity index (χ1n) is 9.33. The second kappa shape index (κ2) is 6.86. The molecule has 0 saturated heterocycles. The predicted molar refractivity (Wildman–Crippen MR) is 112 cm³/mol. The summed E-state index contributed by atoms with van der Waals surface area (Å²) in [5, 5.41) is 1.20. The van der Waals surface area contributed by atoms with Crippen LogP contribution in [0.25, 0.3) is 27.9 Å². The largest absolute Gasteiger partial charge is 0.508 e. The van der Waals surface area contributed by atoms with Gasteiger partial charge in [-0.15, -0.1) is 0 Å². The Morgan fingerprint density at radius 3 is 2.36 bits per heavy atom. The summed E-state index contributed by atoms with van der Waals surface area (Å²) in [5.41, 5.74) is 5.69. The highest BCUT2D eigenvalue weighted by atomic mass is 16.5. The van der Waals surface area contributed by atoms with Crippen LogP contribution < -0.4 is 4.74 Å². The van der Waals surface area contributed by atoms with E-state index in [9.17, 15) is 0 Å². The van der Waals surface area contributed by atoms with Crippen molar-refractivity contribution < 1.29 is 8.78 Å². The van der Waals surface area contributed by atoms with E-state index in [1.165, 1.54) is 22.1 Å². The average Bonchev–Trinajstić information content (AvgIpc) is 3.13. The highest BCUT2D eigenvalue weighted by molar-refractivity contribution is 5.98. The van der Waals surface area contributed by atoms with Crippen LogP contribution in [-0.4, -0.2) is 12.1 Å². The van der Waals surface area contributed by atoms with Crippen molar-refractivity contribution in [1.82, 2.24) is 4.98 Å². The summed E-state index contributed by atoms with van der Waals surface area (Å²) < 4.78 is 8.43. The van der Waals surface area contributed by atoms with E-state index >= 15 is 0 Å². The number of methoxy groups -OCH3 is 1. The first-order chi connectivity index (χ1) is 13.8. The molecule has 28 heavy (non-hydrogen) atoms. The number of benzene rings is 3. The molecule has 2 aliphatic rings. The van der Waals surface area contributed by atoms with Gasteiger partial charge in [0.1, 0.15) is 5.75 Å². The van der Waals surface area contributed by atoms with Crippen molar-refractivity contribution >= 4 is 10.9 Å². The number of fused-ring (bicyclic) bond motifs is 3. The maximum absolute atomic E-state index is 5.29. The van der Waals surface area contributed by atoms with E-state index in [1.807, 2.05) is 42.7 Å². The van der Waals surface area contributed by atoms with Gasteiger partial charge in [-0.1, -0.05) is 48.5 Å². The van der Waals surface area contributed by atoms with Crippen molar-refractivity contribution in [3.05, 3.63) is 103 Å². The molecule has 0 amide bonds. The fraction of sp³-hybridized carbons (Fsp3) is 0.0800. The van der Waals surface area contributed by atoms with Gasteiger partial charge in [0.05, 0.1) is 18.2 Å². The third-order valence-corrected chi connectivity index (χ3v) is 5.07. The van der Waals surface area contributed by atoms with Crippen LogP contribution in [0.5, 0.6) is 5.75 Å². The van der Waals surface area contributed by atoms with E-state index in [4.69, 9.17) is 9.72 Å². The van der Waals surface area contributed by atoms with Crippen molar-refractivity contribution in [2.45, 2.75) is 6.42 Å². The third kappa shape index (κ3) is 2.91. The van der Waals surface area contributed by atoms with Gasteiger partial charge in [0.15, 0.2) is 5.69 Å². The van der Waals surface area contributed by atoms with Crippen LogP contribution >= 0.6 is 0 Å². The molecule has 136 valence electrons. The van der Waals surface area contributed by atoms with Crippen LogP contribution in [0.15, 0.2) is 95.4 Å². The monoisotopic (exact) mass is 366 g/mol. The van der Waals surface area contributed by atoms with Crippen LogP contribution in [-0.2, 0) is 6.42 Å². The lowest BCUT2D eigenvalue weighted by atomic mass is 9.98. The van der Waals surface area contributed by atoms with E-state index in [0.717, 1.165) is 29.1 Å². The number of para-hydroxylation sites is 2. The van der Waals surface area contributed by atoms with Gasteiger partial charge in [0, 0.05) is 29.5 Å². The minimum Gasteiger partial charge on any atom is -0.508 e. The van der Waals surface area contributed by atoms with Crippen LogP contribution in [0, 0.1) is 0 Å². The van der Waals surface area contributed by atoms with Crippen LogP contribution in [0.3, 0.4) is 0 Å². The minimum atomic E-state index is 0.816. The van der Waals surface area contributed by atoms with Crippen molar-refractivity contribution in [3.63, 3.8) is 0 Å². The lowest BCUT2D eigenvalue weighted by Crippen LogP contribution is -1.95. The molecule has 3 heteroatoms. The smallest absolute Gasteiger partial charge is 0.266 e. The van der Waals surface area contributed by atoms with Crippen molar-refractivity contribution in [2.75, 3.05) is 7.11 Å². The molecule has 0 aromatic heterocycles. The molecule has 3 nitrogen and oxygen atoms in total. The topological polar surface area (TPSA) is 24.8 Å². The summed E-state index contributed by atoms with van der Waals surface area (Å²) in [6.45, 7) is 0. The highest BCUT2D eigenvalue weighted by Crippen LogP contribution is 2.38. The molecule has 0 N–H and O–H groups in total. The molecular weight excluding hydrogens is 346 g/mol. The Morgan fingerprint density at radius 2 is 1.57 bits per heavy atom. The zero-order valence-electron chi connectivity index (χ0n) is 15.6. The number of hydrogen-bond donors (Lipinski definition) is 0. The fourth-order valence-corrected chi connectivity index (χ4v) is 3.70. The van der Waals surface area contributed by atoms with Gasteiger partial charge >= 0.3 is 0 Å². The summed E-state index contributed by atoms with van der Waals surface area (Å²) in [6.07, 6.45) is 5.01. The number of nitrogens with zero attached hydrogens (tertiary/aromatic N) is 1. The number of rotatable bonds is 4. The second-order valence-electron chi connectivity index (χ2n) is 6.86. The van der Waals surface area contributed by atoms with Gasteiger partial charge in [-0.2, -0.15) is 0 Å². The Morgan fingerprint density at radius 1 is 0.821 bits per heavy atom. The molecule has 3 aromatic rings. The van der Waals surface area contributed by atoms with Crippen LogP contribution in [0.2, 0.25) is 0 Å². The molecule has 0 atom stereocenters. The van der Waals surface area contributed by atoms with Gasteiger partial charge in [-0.25, -0.2) is 4.98 Å². The van der Waals surface area contributed by atoms with E-state index in [1.54, 1.807) is 7.11 Å². The third-order valence-electron chi connectivity index (χ3n) is 5.07. The van der Waals surface area contributed by atoms with Gasteiger partial charge < -0.3 is 8.78 Å². The molecule has 3 aromatic carbocycles. The fourth-order valence-electron chi connectivity index (χ4n) is 3.70. The quantitative estimate of drug-likeness (QED) is 0.353. The standard InChI is InChI=1S/C25H20NO2/c1-27-20-13-11-18(12-14-20)15-19-16-28(21-7-3-2-4-8-21)17-24-25(19)22-9-5-6-10-23(22)26-24/h2-14,16-17H,15H2,1H3/q+1. The molecule has 0 bridgehead atoms. The van der Waals surface area contributed by atoms with Crippen LogP contribution in [0.4, 0.5) is 0 Å². The Kier molecular flexibility index (Phi) is 4.06. The van der Waals surface area contributed by atoms with Gasteiger partial charge in [0.25, 0.3) is 12.0 Å². The summed E-state index contributed by atoms with van der Waals surface area (Å²) in [5.74, 6) is 1.92. The molecule has 2 aliphatic heterocycles. The SMILES string of the molecule is COc1ccc(Cc2c[o+](-c3ccccc3)cc3nc4ccccc4c2-3)cc1. The second-order valence-corrected chi connectivity index (χ2v) is 6.86. The Hall–Kier alpha value is -3.59. The molecule has 0 radical (unpaired) electrons. The molecular formula is C25H20NO2+. The average molecular weight is 366 g/mol. The number of ether oxygens (including phenoxy) is 1. The van der Waals surface area contributed by atoms with Gasteiger partial charge in [-0.3, -0.25) is 0 Å². The summed E-state index contributed by atoms with van der Waals surface area (Å²) >= 11 is 0. The molecule has 0 saturated carbocycles. The van der Waals surface area contributed by atoms with Crippen LogP contribution in [0.1, 0.15) is 11.1 Å². The summed E-state index contributed by atoms with van der Waals surface area (Å²) in [7, 11) is 1.69. The van der Waals surface area contributed by atoms with Crippen molar-refractivity contribution in [3.8, 4) is 22.8 Å². The van der Waals surface area contributed by atoms with Gasteiger partial charge in [0.2, 0.25) is 6.26 Å². The maximum Gasteiger partial charge on any atom is 0.266 e. The summed E-state index contributed by atoms with van der Waals surface area (Å²) in [4.78, 5) is 4.87. The van der Waals surface area contributed by atoms with E-state index in [0.29, 0.717) is 0 Å². The predicted octanol–water partition coefficient (Wildman–Crippen LogP) is 6.21. The molecule has 5 rings (SSSR count). The van der Waals surface area contributed by atoms with E-state index in [2.05, 4.69) is 52.8 Å². The maximum atomic E-state index is 5.29. The molecule has 0 unspecified atom stereocenters. The molecule has 0 fully saturated rings. The Labute approximate surface area is 163 Å². The van der Waals surface area contributed by atoms with Crippen molar-refractivity contribution in [2.24, 2.45) is 0 Å². The first-order valence-corrected chi connectivity index (χ1v) is 9.33. The zero-order valence-corrected chi connectivity index (χ0v) is 15.6. The lowest BCUT2D eigenvalue weighted by Gasteiger charge is -2.11. The Balaban J connectivity index is 1.70. The van der Waals surface area contributed by atoms with E-state index in [-0.39, 0.29) is 0 Å². The molecule has 0 aliphatic carbocycles. The molecule has 2 heterocycles. The lowest BCUT2D eigenvalue weighted by molar-refractivity contribution is 0.286. The zero-order chi connectivity index (χ0) is 18.9. The summed E-state index contributed by atoms with van der Waals surface area (Å²) in [6, 6.07) is 26.9. The number of aromatic nitrogens is 1. The minimum absolute atomic E-state index is 0.816. The van der Waals surface area contributed by atoms with Gasteiger partial charge in [-0.05, 0) is 23.8 Å². The highest BCUT2D eigenvalue weighted by Gasteiger charge is 2.22. The first kappa shape index (κ1) is 16.6. The number of hydrogen-bond acceptors (Lipinski definition) is 2. The van der Waals surface area contributed by atoms with E-state index < -0.39 is 0 Å². The normalized spacial score (nSPS) is 11.2. The Bertz CT molecular complexity index is 1210. The molecule has 0 spiro atoms. The van der Waals surface area contributed by atoms with Crippen molar-refractivity contribution in [1.29, 1.82) is 0 Å².